The first kappa shape index (κ1) is 22.7. The van der Waals surface area contributed by atoms with Crippen molar-refractivity contribution in [2.45, 2.75) is 12.3 Å². The molecule has 5 nitrogen and oxygen atoms in total. The Bertz CT molecular complexity index is 1260. The molecule has 3 N–H and O–H groups in total. The van der Waals surface area contributed by atoms with Gasteiger partial charge in [0.1, 0.15) is 0 Å². The molecule has 4 aromatic carbocycles. The number of hydrogen-bond donors (Lipinski definition) is 2. The molecule has 0 unspecified atom stereocenters. The fourth-order valence-electron chi connectivity index (χ4n) is 3.99. The number of primary amides is 1. The average Bonchev–Trinajstić information content (AvgIpc) is 2.88. The summed E-state index contributed by atoms with van der Waals surface area (Å²) in [6, 6.07) is 32.9. The predicted octanol–water partition coefficient (Wildman–Crippen LogP) is 5.44. The first-order valence-electron chi connectivity index (χ1n) is 11.0. The van der Waals surface area contributed by atoms with Crippen LogP contribution in [0.1, 0.15) is 54.5 Å². The summed E-state index contributed by atoms with van der Waals surface area (Å²) < 4.78 is 0. The van der Waals surface area contributed by atoms with Crippen molar-refractivity contribution in [2.24, 2.45) is 5.73 Å². The Morgan fingerprint density at radius 3 is 1.68 bits per heavy atom. The van der Waals surface area contributed by atoms with Crippen LogP contribution in [0.25, 0.3) is 0 Å². The minimum absolute atomic E-state index is 0.0890. The topological polar surface area (TPSA) is 89.3 Å². The minimum Gasteiger partial charge on any atom is -0.366 e. The lowest BCUT2D eigenvalue weighted by atomic mass is 9.85. The highest BCUT2D eigenvalue weighted by atomic mass is 16.2. The fraction of sp³-hybridized carbons (Fsp3) is 0.0690. The second-order valence-electron chi connectivity index (χ2n) is 7.91. The van der Waals surface area contributed by atoms with E-state index in [4.69, 9.17) is 5.73 Å². The molecule has 4 rings (SSSR count). The number of nitrogens with one attached hydrogen (secondary N) is 1. The predicted molar refractivity (Wildman–Crippen MR) is 133 cm³/mol. The van der Waals surface area contributed by atoms with E-state index in [-0.39, 0.29) is 34.9 Å². The standard InChI is InChI=1S/C29H24N2O3/c30-28(33)24-18-10-17-23(27(24)31-29(34)22-15-8-3-9-16-22)26(32)19-25(20-11-4-1-5-12-20)21-13-6-2-7-14-21/h1-18,25H,19H2,(H2,30,33)(H,31,34). The van der Waals surface area contributed by atoms with Gasteiger partial charge >= 0.3 is 0 Å². The molecule has 0 fully saturated rings. The average molecular weight is 449 g/mol. The molecule has 0 saturated heterocycles. The molecule has 0 aliphatic rings. The van der Waals surface area contributed by atoms with Crippen LogP contribution in [0.15, 0.2) is 109 Å². The van der Waals surface area contributed by atoms with E-state index in [1.807, 2.05) is 60.7 Å². The Balaban J connectivity index is 1.71. The molecule has 0 bridgehead atoms. The second-order valence-corrected chi connectivity index (χ2v) is 7.91. The third-order valence-electron chi connectivity index (χ3n) is 5.70. The smallest absolute Gasteiger partial charge is 0.255 e. The van der Waals surface area contributed by atoms with Gasteiger partial charge in [-0.15, -0.1) is 0 Å². The Labute approximate surface area is 198 Å². The van der Waals surface area contributed by atoms with Crippen molar-refractivity contribution in [1.82, 2.24) is 0 Å². The van der Waals surface area contributed by atoms with Crippen LogP contribution >= 0.6 is 0 Å². The van der Waals surface area contributed by atoms with Crippen LogP contribution in [0.2, 0.25) is 0 Å². The maximum absolute atomic E-state index is 13.6. The van der Waals surface area contributed by atoms with Gasteiger partial charge in [0.05, 0.1) is 11.3 Å². The number of carbonyl (C=O) groups is 3. The summed E-state index contributed by atoms with van der Waals surface area (Å²) in [5.74, 6) is -1.54. The van der Waals surface area contributed by atoms with Gasteiger partial charge < -0.3 is 11.1 Å². The number of anilines is 1. The van der Waals surface area contributed by atoms with Crippen molar-refractivity contribution in [3.8, 4) is 0 Å². The largest absolute Gasteiger partial charge is 0.366 e. The van der Waals surface area contributed by atoms with Crippen molar-refractivity contribution < 1.29 is 14.4 Å². The summed E-state index contributed by atoms with van der Waals surface area (Å²) in [7, 11) is 0. The maximum atomic E-state index is 13.6. The van der Waals surface area contributed by atoms with Gasteiger partial charge in [0.25, 0.3) is 11.8 Å². The van der Waals surface area contributed by atoms with E-state index in [0.29, 0.717) is 5.56 Å². The zero-order valence-corrected chi connectivity index (χ0v) is 18.5. The van der Waals surface area contributed by atoms with Crippen molar-refractivity contribution >= 4 is 23.3 Å². The van der Waals surface area contributed by atoms with Crippen molar-refractivity contribution in [2.75, 3.05) is 5.32 Å². The van der Waals surface area contributed by atoms with Gasteiger partial charge in [0.15, 0.2) is 5.78 Å². The number of benzene rings is 4. The lowest BCUT2D eigenvalue weighted by Crippen LogP contribution is -2.21. The van der Waals surface area contributed by atoms with Crippen LogP contribution in [0.5, 0.6) is 0 Å². The molecule has 0 spiro atoms. The van der Waals surface area contributed by atoms with E-state index in [1.54, 1.807) is 42.5 Å². The van der Waals surface area contributed by atoms with Gasteiger partial charge in [-0.2, -0.15) is 0 Å². The molecule has 5 heteroatoms. The van der Waals surface area contributed by atoms with Crippen LogP contribution in [-0.2, 0) is 0 Å². The number of rotatable bonds is 8. The number of carbonyl (C=O) groups excluding carboxylic acids is 3. The zero-order valence-electron chi connectivity index (χ0n) is 18.5. The molecular formula is C29H24N2O3. The normalized spacial score (nSPS) is 10.6. The van der Waals surface area contributed by atoms with E-state index in [9.17, 15) is 14.4 Å². The van der Waals surface area contributed by atoms with Gasteiger partial charge in [0, 0.05) is 23.5 Å². The Morgan fingerprint density at radius 1 is 0.647 bits per heavy atom. The number of hydrogen-bond acceptors (Lipinski definition) is 3. The molecule has 0 aliphatic carbocycles. The molecule has 168 valence electrons. The lowest BCUT2D eigenvalue weighted by Gasteiger charge is -2.19. The Morgan fingerprint density at radius 2 is 1.15 bits per heavy atom. The third kappa shape index (κ3) is 5.10. The number of para-hydroxylation sites is 1. The number of Topliss-reactive ketones (excluding diaryl/α,β-unsaturated/α-hetero) is 1. The van der Waals surface area contributed by atoms with Crippen molar-refractivity contribution in [1.29, 1.82) is 0 Å². The van der Waals surface area contributed by atoms with Gasteiger partial charge in [-0.1, -0.05) is 84.9 Å². The number of nitrogens with two attached hydrogens (primary N) is 1. The highest BCUT2D eigenvalue weighted by molar-refractivity contribution is 6.14. The van der Waals surface area contributed by atoms with E-state index >= 15 is 0 Å². The van der Waals surface area contributed by atoms with E-state index in [2.05, 4.69) is 5.32 Å². The summed E-state index contributed by atoms with van der Waals surface area (Å²) in [5, 5.41) is 2.75. The first-order chi connectivity index (χ1) is 16.5. The van der Waals surface area contributed by atoms with Crippen LogP contribution in [0.3, 0.4) is 0 Å². The van der Waals surface area contributed by atoms with Crippen LogP contribution in [-0.4, -0.2) is 17.6 Å². The second kappa shape index (κ2) is 10.4. The molecule has 4 aromatic rings. The minimum atomic E-state index is -0.722. The molecule has 0 aliphatic heterocycles. The summed E-state index contributed by atoms with van der Waals surface area (Å²) in [6.45, 7) is 0. The molecule has 0 atom stereocenters. The summed E-state index contributed by atoms with van der Waals surface area (Å²) in [4.78, 5) is 38.6. The van der Waals surface area contributed by atoms with Gasteiger partial charge in [-0.25, -0.2) is 0 Å². The zero-order chi connectivity index (χ0) is 23.9. The number of amides is 2. The molecular weight excluding hydrogens is 424 g/mol. The molecule has 0 saturated carbocycles. The van der Waals surface area contributed by atoms with Crippen LogP contribution in [0.4, 0.5) is 5.69 Å². The monoisotopic (exact) mass is 448 g/mol. The SMILES string of the molecule is NC(=O)c1cccc(C(=O)CC(c2ccccc2)c2ccccc2)c1NC(=O)c1ccccc1. The van der Waals surface area contributed by atoms with Crippen LogP contribution < -0.4 is 11.1 Å². The molecule has 0 radical (unpaired) electrons. The van der Waals surface area contributed by atoms with Crippen molar-refractivity contribution in [3.63, 3.8) is 0 Å². The molecule has 2 amide bonds. The quantitative estimate of drug-likeness (QED) is 0.352. The Kier molecular flexibility index (Phi) is 6.94. The van der Waals surface area contributed by atoms with Crippen LogP contribution in [0, 0.1) is 0 Å². The molecule has 34 heavy (non-hydrogen) atoms. The summed E-state index contributed by atoms with van der Waals surface area (Å²) in [6.07, 6.45) is 0.157. The molecule has 0 heterocycles. The maximum Gasteiger partial charge on any atom is 0.255 e. The van der Waals surface area contributed by atoms with E-state index < -0.39 is 11.8 Å². The van der Waals surface area contributed by atoms with E-state index in [1.165, 1.54) is 6.07 Å². The highest BCUT2D eigenvalue weighted by Crippen LogP contribution is 2.32. The van der Waals surface area contributed by atoms with E-state index in [0.717, 1.165) is 11.1 Å². The molecule has 0 aromatic heterocycles. The highest BCUT2D eigenvalue weighted by Gasteiger charge is 2.24. The fourth-order valence-corrected chi connectivity index (χ4v) is 3.99. The third-order valence-corrected chi connectivity index (χ3v) is 5.70. The first-order valence-corrected chi connectivity index (χ1v) is 11.0. The van der Waals surface area contributed by atoms with Gasteiger partial charge in [-0.3, -0.25) is 14.4 Å². The van der Waals surface area contributed by atoms with Gasteiger partial charge in [0.2, 0.25) is 0 Å². The Hall–Kier alpha value is -4.51. The lowest BCUT2D eigenvalue weighted by molar-refractivity contribution is 0.0978. The van der Waals surface area contributed by atoms with Crippen molar-refractivity contribution in [3.05, 3.63) is 137 Å². The number of ketones is 1. The summed E-state index contributed by atoms with van der Waals surface area (Å²) >= 11 is 0. The summed E-state index contributed by atoms with van der Waals surface area (Å²) in [5.41, 5.74) is 8.46. The van der Waals surface area contributed by atoms with Gasteiger partial charge in [-0.05, 0) is 35.4 Å².